The van der Waals surface area contributed by atoms with Crippen molar-refractivity contribution in [2.75, 3.05) is 47.8 Å². The molecule has 0 bridgehead atoms. The van der Waals surface area contributed by atoms with Crippen LogP contribution in [0.3, 0.4) is 0 Å². The lowest BCUT2D eigenvalue weighted by atomic mass is 10.1. The molecule has 20 heteroatoms. The molecule has 4 heterocycles. The molecule has 0 spiro atoms. The molecule has 4 aliphatic heterocycles. The maximum Gasteiger partial charge on any atom is 0.319 e. The van der Waals surface area contributed by atoms with Crippen molar-refractivity contribution in [3.8, 4) is 0 Å². The van der Waals surface area contributed by atoms with Crippen LogP contribution in [0.1, 0.15) is 46.9 Å². The summed E-state index contributed by atoms with van der Waals surface area (Å²) in [4.78, 5) is 49.8. The van der Waals surface area contributed by atoms with Crippen LogP contribution in [0.4, 0.5) is 63.1 Å². The molecule has 12 aromatic carbocycles. The van der Waals surface area contributed by atoms with Crippen LogP contribution in [-0.4, -0.2) is 72.5 Å². The molecule has 104 heavy (non-hydrogen) atoms. The second-order valence-electron chi connectivity index (χ2n) is 24.0. The third kappa shape index (κ3) is 16.8. The summed E-state index contributed by atoms with van der Waals surface area (Å²) in [5, 5.41) is 6.90. The van der Waals surface area contributed by atoms with Gasteiger partial charge in [-0.25, -0.2) is 17.6 Å². The predicted octanol–water partition coefficient (Wildman–Crippen LogP) is 19.6. The van der Waals surface area contributed by atoms with Crippen LogP contribution in [0.15, 0.2) is 360 Å². The molecular weight excluding hydrogens is 1320 g/mol. The van der Waals surface area contributed by atoms with Crippen molar-refractivity contribution in [2.45, 2.75) is 24.7 Å². The second kappa shape index (κ2) is 33.2. The normalized spacial score (nSPS) is 18.9. The van der Waals surface area contributed by atoms with Gasteiger partial charge in [-0.2, -0.15) is 20.0 Å². The van der Waals surface area contributed by atoms with Crippen LogP contribution in [0.5, 0.6) is 0 Å². The fourth-order valence-electron chi connectivity index (χ4n) is 12.2. The Kier molecular flexibility index (Phi) is 22.2. The Hall–Kier alpha value is -12.7. The minimum Gasteiger partial charge on any atom is -0.365 e. The molecule has 4 atom stereocenters. The van der Waals surface area contributed by atoms with Gasteiger partial charge in [-0.1, -0.05) is 218 Å². The van der Waals surface area contributed by atoms with Gasteiger partial charge < -0.3 is 19.4 Å². The summed E-state index contributed by atoms with van der Waals surface area (Å²) in [5.74, 6) is -1.21. The van der Waals surface area contributed by atoms with Gasteiger partial charge in [0.05, 0.1) is 45.5 Å². The number of hydrogen-bond donors (Lipinski definition) is 0. The predicted molar refractivity (Wildman–Crippen MR) is 402 cm³/mol. The average Bonchev–Trinajstić information content (AvgIpc) is 1.66. The minimum atomic E-state index is -0.303. The highest BCUT2D eigenvalue weighted by Gasteiger charge is 2.43. The summed E-state index contributed by atoms with van der Waals surface area (Å²) in [7, 11) is 7.38. The zero-order valence-electron chi connectivity index (χ0n) is 57.2. The molecule has 0 saturated carbocycles. The van der Waals surface area contributed by atoms with Crippen molar-refractivity contribution >= 4 is 69.6 Å². The van der Waals surface area contributed by atoms with Gasteiger partial charge in [-0.3, -0.25) is 19.6 Å². The fraction of sp³-hybridized carbons (Fsp3) is 0.0952. The molecule has 12 aromatic rings. The lowest BCUT2D eigenvalue weighted by Gasteiger charge is -2.25. The third-order valence-electron chi connectivity index (χ3n) is 16.7. The lowest BCUT2D eigenvalue weighted by molar-refractivity contribution is -0.0494. The Balaban J connectivity index is 0.000000123. The number of para-hydroxylation sites is 4. The summed E-state index contributed by atoms with van der Waals surface area (Å²) in [6.45, 7) is 0. The molecule has 0 aromatic heterocycles. The first-order valence-electron chi connectivity index (χ1n) is 33.5. The van der Waals surface area contributed by atoms with Crippen molar-refractivity contribution in [1.82, 2.24) is 20.3 Å². The van der Waals surface area contributed by atoms with Crippen molar-refractivity contribution in [3.05, 3.63) is 385 Å². The number of aliphatic imine (C=N–C) groups is 4. The maximum absolute atomic E-state index is 13.9. The Bertz CT molecular complexity index is 4280. The van der Waals surface area contributed by atoms with Gasteiger partial charge in [0, 0.05) is 28.2 Å². The Morgan fingerprint density at radius 2 is 0.394 bits per heavy atom. The SMILES string of the molecule is CN1OC(=Nc2ccccc2)N(c2cccc(F)c2)[C@@H]1c1ccccc1.CN1OC(=Nc2ccccc2)N(c2cccc(F)c2)[C@@H]1c1ccccc1.CN1OC(=Nc2ccccc2)N(c2cccc(F)c2)[C@H]1c1ccccc1.CN1OC(=Nc2ccccc2)N(c2cccc(F)c2)[C@H]1c1ccccc1. The smallest absolute Gasteiger partial charge is 0.319 e. The lowest BCUT2D eigenvalue weighted by Crippen LogP contribution is -2.30. The van der Waals surface area contributed by atoms with Crippen molar-refractivity contribution in [2.24, 2.45) is 20.0 Å². The van der Waals surface area contributed by atoms with Gasteiger partial charge in [-0.15, -0.1) is 20.3 Å². The van der Waals surface area contributed by atoms with E-state index in [4.69, 9.17) is 19.4 Å². The van der Waals surface area contributed by atoms with Crippen LogP contribution in [0, 0.1) is 23.3 Å². The number of nitrogens with zero attached hydrogens (tertiary/aromatic N) is 12. The maximum atomic E-state index is 13.9. The Morgan fingerprint density at radius 1 is 0.221 bits per heavy atom. The highest BCUT2D eigenvalue weighted by atomic mass is 19.1. The van der Waals surface area contributed by atoms with E-state index in [9.17, 15) is 17.6 Å². The first kappa shape index (κ1) is 69.7. The molecule has 0 aliphatic carbocycles. The Morgan fingerprint density at radius 3 is 0.567 bits per heavy atom. The first-order valence-corrected chi connectivity index (χ1v) is 33.5. The number of hydroxylamine groups is 8. The molecule has 16 rings (SSSR count). The minimum absolute atomic E-state index is 0.250. The zero-order valence-corrected chi connectivity index (χ0v) is 57.2. The molecule has 0 N–H and O–H groups in total. The second-order valence-corrected chi connectivity index (χ2v) is 24.0. The third-order valence-corrected chi connectivity index (χ3v) is 16.7. The number of halogens is 4. The van der Waals surface area contributed by atoms with E-state index in [1.165, 1.54) is 48.5 Å². The summed E-state index contributed by atoms with van der Waals surface area (Å²) in [6, 6.07) is 105. The number of benzene rings is 12. The molecule has 16 nitrogen and oxygen atoms in total. The molecule has 520 valence electrons. The van der Waals surface area contributed by atoms with Gasteiger partial charge >= 0.3 is 24.1 Å². The van der Waals surface area contributed by atoms with Crippen LogP contribution < -0.4 is 19.6 Å². The van der Waals surface area contributed by atoms with Crippen molar-refractivity contribution in [3.63, 3.8) is 0 Å². The van der Waals surface area contributed by atoms with Crippen LogP contribution >= 0.6 is 0 Å². The van der Waals surface area contributed by atoms with Gasteiger partial charge in [0.15, 0.2) is 24.7 Å². The number of anilines is 4. The summed E-state index contributed by atoms with van der Waals surface area (Å²) < 4.78 is 55.5. The van der Waals surface area contributed by atoms with Gasteiger partial charge in [0.2, 0.25) is 0 Å². The molecule has 0 amide bonds. The van der Waals surface area contributed by atoms with Crippen molar-refractivity contribution < 1.29 is 36.9 Å². The molecule has 0 unspecified atom stereocenters. The van der Waals surface area contributed by atoms with Gasteiger partial charge in [0.25, 0.3) is 0 Å². The topological polar surface area (TPSA) is 112 Å². The average molecular weight is 1390 g/mol. The molecule has 4 aliphatic rings. The van der Waals surface area contributed by atoms with Crippen LogP contribution in [0.2, 0.25) is 0 Å². The highest BCUT2D eigenvalue weighted by molar-refractivity contribution is 5.98. The van der Waals surface area contributed by atoms with E-state index >= 15 is 0 Å². The van der Waals surface area contributed by atoms with Crippen LogP contribution in [0.25, 0.3) is 0 Å². The molecular formula is C84H72F4N12O4. The van der Waals surface area contributed by atoms with E-state index in [1.807, 2.05) is 315 Å². The number of amidine groups is 4. The summed E-state index contributed by atoms with van der Waals surface area (Å²) in [5.41, 5.74) is 9.89. The summed E-state index contributed by atoms with van der Waals surface area (Å²) in [6.07, 6.45) is -0.998. The highest BCUT2D eigenvalue weighted by Crippen LogP contribution is 2.41. The van der Waals surface area contributed by atoms with E-state index in [0.29, 0.717) is 46.8 Å². The standard InChI is InChI=1S/4C21H18FN3O/c4*1-24-20(16-9-4-2-5-10-16)25(19-14-8-11-17(22)15-19)21(26-24)23-18-12-6-3-7-13-18/h4*2-15,20H,1H3/t4*20-/m1100/s1. The van der Waals surface area contributed by atoms with E-state index < -0.39 is 0 Å². The van der Waals surface area contributed by atoms with E-state index in [0.717, 1.165) is 45.0 Å². The molecule has 4 saturated heterocycles. The zero-order chi connectivity index (χ0) is 71.7. The molecule has 0 radical (unpaired) electrons. The molecule has 4 fully saturated rings. The van der Waals surface area contributed by atoms with E-state index in [1.54, 1.807) is 44.5 Å². The van der Waals surface area contributed by atoms with Gasteiger partial charge in [0.1, 0.15) is 23.3 Å². The number of hydrogen-bond acceptors (Lipinski definition) is 12. The first-order chi connectivity index (χ1) is 50.9. The monoisotopic (exact) mass is 1390 g/mol. The van der Waals surface area contributed by atoms with Crippen molar-refractivity contribution in [1.29, 1.82) is 0 Å². The fourth-order valence-corrected chi connectivity index (χ4v) is 12.2. The van der Waals surface area contributed by atoms with Crippen LogP contribution in [-0.2, 0) is 19.4 Å². The van der Waals surface area contributed by atoms with E-state index in [2.05, 4.69) is 20.0 Å². The van der Waals surface area contributed by atoms with E-state index in [-0.39, 0.29) is 47.9 Å². The quantitative estimate of drug-likeness (QED) is 0.109. The Labute approximate surface area is 601 Å². The summed E-state index contributed by atoms with van der Waals surface area (Å²) >= 11 is 0. The number of rotatable bonds is 12. The van der Waals surface area contributed by atoms with Gasteiger partial charge in [-0.05, 0) is 144 Å². The largest absolute Gasteiger partial charge is 0.365 e.